The number of carbonyl (C=O) groups is 2. The molecule has 0 bridgehead atoms. The third-order valence-corrected chi connectivity index (χ3v) is 6.23. The highest BCUT2D eigenvalue weighted by Gasteiger charge is 2.37. The lowest BCUT2D eigenvalue weighted by Gasteiger charge is -2.25. The summed E-state index contributed by atoms with van der Waals surface area (Å²) in [6, 6.07) is 13.8. The Bertz CT molecular complexity index is 812. The van der Waals surface area contributed by atoms with Crippen LogP contribution in [0.25, 0.3) is 0 Å². The molecule has 2 atom stereocenters. The largest absolute Gasteiger partial charge is 0.335 e. The number of nitrogens with zero attached hydrogens (tertiary/aromatic N) is 1. The van der Waals surface area contributed by atoms with Crippen molar-refractivity contribution in [1.82, 2.24) is 4.90 Å². The molecule has 3 rings (SSSR count). The van der Waals surface area contributed by atoms with Crippen molar-refractivity contribution >= 4 is 33.4 Å². The molecule has 2 aromatic rings. The molecule has 0 unspecified atom stereocenters. The molecule has 2 aromatic carbocycles. The summed E-state index contributed by atoms with van der Waals surface area (Å²) >= 11 is 3.54. The Kier molecular flexibility index (Phi) is 5.47. The number of amides is 2. The predicted octanol–water partition coefficient (Wildman–Crippen LogP) is 4.61. The zero-order valence-corrected chi connectivity index (χ0v) is 16.8. The Morgan fingerprint density at radius 2 is 1.81 bits per heavy atom. The maximum absolute atomic E-state index is 12.7. The van der Waals surface area contributed by atoms with Crippen molar-refractivity contribution in [2.75, 3.05) is 11.9 Å². The molecule has 0 aliphatic carbocycles. The number of hydrogen-bond acceptors (Lipinski definition) is 2. The van der Waals surface area contributed by atoms with Crippen LogP contribution in [0, 0.1) is 19.8 Å². The van der Waals surface area contributed by atoms with Gasteiger partial charge < -0.3 is 10.2 Å². The van der Waals surface area contributed by atoms with Crippen molar-refractivity contribution in [2.24, 2.45) is 5.92 Å². The number of aryl methyl sites for hydroxylation is 2. The van der Waals surface area contributed by atoms with Crippen LogP contribution < -0.4 is 5.32 Å². The van der Waals surface area contributed by atoms with Gasteiger partial charge in [0, 0.05) is 23.1 Å². The van der Waals surface area contributed by atoms with Crippen LogP contribution in [0.3, 0.4) is 0 Å². The zero-order chi connectivity index (χ0) is 18.8. The number of likely N-dealkylation sites (tertiary alicyclic amines) is 1. The van der Waals surface area contributed by atoms with Crippen LogP contribution in [-0.2, 0) is 9.59 Å². The highest BCUT2D eigenvalue weighted by atomic mass is 79.9. The molecule has 1 N–H and O–H groups in total. The van der Waals surface area contributed by atoms with E-state index in [0.717, 1.165) is 26.9 Å². The maximum Gasteiger partial charge on any atom is 0.229 e. The highest BCUT2D eigenvalue weighted by molar-refractivity contribution is 9.10. The van der Waals surface area contributed by atoms with E-state index in [9.17, 15) is 9.59 Å². The van der Waals surface area contributed by atoms with Crippen LogP contribution >= 0.6 is 15.9 Å². The first kappa shape index (κ1) is 18.6. The van der Waals surface area contributed by atoms with E-state index in [4.69, 9.17) is 0 Å². The van der Waals surface area contributed by atoms with E-state index in [1.165, 1.54) is 0 Å². The highest BCUT2D eigenvalue weighted by Crippen LogP contribution is 2.30. The van der Waals surface area contributed by atoms with Gasteiger partial charge in [0.2, 0.25) is 11.8 Å². The fourth-order valence-electron chi connectivity index (χ4n) is 3.46. The molecule has 1 heterocycles. The van der Waals surface area contributed by atoms with Crippen LogP contribution in [0.15, 0.2) is 46.9 Å². The molecule has 4 nitrogen and oxygen atoms in total. The molecule has 0 aromatic heterocycles. The second kappa shape index (κ2) is 7.62. The topological polar surface area (TPSA) is 49.4 Å². The van der Waals surface area contributed by atoms with Gasteiger partial charge in [0.15, 0.2) is 0 Å². The zero-order valence-electron chi connectivity index (χ0n) is 15.3. The van der Waals surface area contributed by atoms with E-state index in [1.54, 1.807) is 4.90 Å². The summed E-state index contributed by atoms with van der Waals surface area (Å²) in [5.74, 6) is -0.384. The number of carbonyl (C=O) groups excluding carboxylic acids is 2. The normalized spacial score (nSPS) is 18.1. The quantitative estimate of drug-likeness (QED) is 0.793. The summed E-state index contributed by atoms with van der Waals surface area (Å²) in [6.07, 6.45) is 0.261. The first-order valence-corrected chi connectivity index (χ1v) is 9.58. The van der Waals surface area contributed by atoms with E-state index < -0.39 is 0 Å². The van der Waals surface area contributed by atoms with Gasteiger partial charge in [0.05, 0.1) is 12.0 Å². The molecular weight excluding hydrogens is 392 g/mol. The summed E-state index contributed by atoms with van der Waals surface area (Å²) < 4.78 is 1.05. The van der Waals surface area contributed by atoms with Gasteiger partial charge in [-0.3, -0.25) is 9.59 Å². The Hall–Kier alpha value is -2.14. The van der Waals surface area contributed by atoms with Gasteiger partial charge in [-0.2, -0.15) is 0 Å². The Labute approximate surface area is 162 Å². The van der Waals surface area contributed by atoms with Crippen LogP contribution in [-0.4, -0.2) is 23.3 Å². The van der Waals surface area contributed by atoms with E-state index >= 15 is 0 Å². The molecule has 1 fully saturated rings. The van der Waals surface area contributed by atoms with Crippen molar-refractivity contribution in [3.63, 3.8) is 0 Å². The van der Waals surface area contributed by atoms with Crippen molar-refractivity contribution in [3.05, 3.63) is 63.6 Å². The third kappa shape index (κ3) is 3.83. The summed E-state index contributed by atoms with van der Waals surface area (Å²) in [5.41, 5.74) is 4.00. The lowest BCUT2D eigenvalue weighted by Crippen LogP contribution is -2.30. The monoisotopic (exact) mass is 414 g/mol. The minimum atomic E-state index is -0.321. The summed E-state index contributed by atoms with van der Waals surface area (Å²) in [7, 11) is 0. The SMILES string of the molecule is Cc1cc(NC(=O)[C@@H]2CC(=O)N([C@@H](C)c3ccccc3)C2)cc(C)c1Br. The maximum atomic E-state index is 12.7. The van der Waals surface area contributed by atoms with E-state index in [1.807, 2.05) is 63.2 Å². The Morgan fingerprint density at radius 3 is 2.42 bits per heavy atom. The molecule has 1 saturated heterocycles. The molecule has 0 radical (unpaired) electrons. The molecule has 136 valence electrons. The summed E-state index contributed by atoms with van der Waals surface area (Å²) in [4.78, 5) is 26.9. The van der Waals surface area contributed by atoms with Crippen molar-refractivity contribution in [3.8, 4) is 0 Å². The predicted molar refractivity (Wildman–Crippen MR) is 107 cm³/mol. The minimum Gasteiger partial charge on any atom is -0.335 e. The van der Waals surface area contributed by atoms with Gasteiger partial charge in [-0.25, -0.2) is 0 Å². The van der Waals surface area contributed by atoms with Gasteiger partial charge >= 0.3 is 0 Å². The standard InChI is InChI=1S/C21H23BrN2O2/c1-13-9-18(10-14(2)20(13)22)23-21(26)17-11-19(25)24(12-17)15(3)16-7-5-4-6-8-16/h4-10,15,17H,11-12H2,1-3H3,(H,23,26)/t15-,17+/m0/s1. The molecule has 5 heteroatoms. The number of rotatable bonds is 4. The summed E-state index contributed by atoms with van der Waals surface area (Å²) in [6.45, 7) is 6.45. The smallest absolute Gasteiger partial charge is 0.229 e. The molecule has 0 spiro atoms. The Balaban J connectivity index is 1.69. The van der Waals surface area contributed by atoms with E-state index in [-0.39, 0.29) is 30.2 Å². The number of hydrogen-bond donors (Lipinski definition) is 1. The molecule has 1 aliphatic rings. The van der Waals surface area contributed by atoms with Crippen LogP contribution in [0.4, 0.5) is 5.69 Å². The number of anilines is 1. The third-order valence-electron chi connectivity index (χ3n) is 4.98. The number of halogens is 1. The lowest BCUT2D eigenvalue weighted by atomic mass is 10.1. The van der Waals surface area contributed by atoms with Crippen molar-refractivity contribution in [2.45, 2.75) is 33.2 Å². The second-order valence-corrected chi connectivity index (χ2v) is 7.74. The molecule has 0 saturated carbocycles. The molecular formula is C21H23BrN2O2. The van der Waals surface area contributed by atoms with Gasteiger partial charge in [0.1, 0.15) is 0 Å². The molecule has 26 heavy (non-hydrogen) atoms. The molecule has 1 aliphatic heterocycles. The van der Waals surface area contributed by atoms with Gasteiger partial charge in [-0.1, -0.05) is 46.3 Å². The average Bonchev–Trinajstić information content (AvgIpc) is 3.01. The van der Waals surface area contributed by atoms with Gasteiger partial charge in [0.25, 0.3) is 0 Å². The van der Waals surface area contributed by atoms with E-state index in [2.05, 4.69) is 21.2 Å². The van der Waals surface area contributed by atoms with Crippen LogP contribution in [0.1, 0.15) is 36.1 Å². The van der Waals surface area contributed by atoms with Gasteiger partial charge in [-0.05, 0) is 49.6 Å². The van der Waals surface area contributed by atoms with Crippen molar-refractivity contribution in [1.29, 1.82) is 0 Å². The minimum absolute atomic E-state index is 0.0290. The summed E-state index contributed by atoms with van der Waals surface area (Å²) in [5, 5.41) is 2.97. The lowest BCUT2D eigenvalue weighted by molar-refractivity contribution is -0.129. The van der Waals surface area contributed by atoms with Gasteiger partial charge in [-0.15, -0.1) is 0 Å². The first-order chi connectivity index (χ1) is 12.4. The van der Waals surface area contributed by atoms with E-state index in [0.29, 0.717) is 6.54 Å². The van der Waals surface area contributed by atoms with Crippen LogP contribution in [0.5, 0.6) is 0 Å². The Morgan fingerprint density at radius 1 is 1.19 bits per heavy atom. The van der Waals surface area contributed by atoms with Crippen LogP contribution in [0.2, 0.25) is 0 Å². The fourth-order valence-corrected chi connectivity index (χ4v) is 3.68. The second-order valence-electron chi connectivity index (χ2n) is 6.95. The molecule has 2 amide bonds. The number of benzene rings is 2. The fraction of sp³-hybridized carbons (Fsp3) is 0.333. The first-order valence-electron chi connectivity index (χ1n) is 8.79. The van der Waals surface area contributed by atoms with Crippen molar-refractivity contribution < 1.29 is 9.59 Å². The average molecular weight is 415 g/mol. The number of nitrogens with one attached hydrogen (secondary N) is 1.